The Kier molecular flexibility index (Phi) is 5.73. The molecule has 2 aromatic rings. The fourth-order valence-corrected chi connectivity index (χ4v) is 4.34. The van der Waals surface area contributed by atoms with E-state index in [1.165, 1.54) is 28.8 Å². The standard InChI is InChI=1S/C23H26N4O5/c1-3-13-10-18(13)25-20(28)15-9-17(21(29)24-2)22(30)26(12-15)11-14-5-4-6-19-16(14)7-8-27(19)23(31)32/h4-6,9,12-13,18H,3,7-8,10-11H2,1-2H3,(H,24,29)(H,25,28)(H,31,32). The minimum absolute atomic E-state index is 0.109. The number of pyridine rings is 1. The lowest BCUT2D eigenvalue weighted by atomic mass is 10.0. The van der Waals surface area contributed by atoms with Crippen LogP contribution < -0.4 is 21.1 Å². The third-order valence-electron chi connectivity index (χ3n) is 6.28. The summed E-state index contributed by atoms with van der Waals surface area (Å²) in [6.45, 7) is 2.55. The van der Waals surface area contributed by atoms with Crippen LogP contribution in [0.4, 0.5) is 10.5 Å². The van der Waals surface area contributed by atoms with E-state index in [-0.39, 0.29) is 29.6 Å². The maximum Gasteiger partial charge on any atom is 0.411 e. The molecule has 1 aliphatic carbocycles. The van der Waals surface area contributed by atoms with Crippen molar-refractivity contribution in [3.05, 3.63) is 63.1 Å². The molecule has 2 aliphatic rings. The molecule has 9 heteroatoms. The van der Waals surface area contributed by atoms with Crippen molar-refractivity contribution in [3.63, 3.8) is 0 Å². The molecule has 168 valence electrons. The maximum atomic E-state index is 13.0. The fourth-order valence-electron chi connectivity index (χ4n) is 4.34. The Balaban J connectivity index is 1.70. The van der Waals surface area contributed by atoms with Gasteiger partial charge < -0.3 is 20.3 Å². The summed E-state index contributed by atoms with van der Waals surface area (Å²) in [6, 6.07) is 6.77. The van der Waals surface area contributed by atoms with Crippen LogP contribution in [0.2, 0.25) is 0 Å². The van der Waals surface area contributed by atoms with E-state index in [1.807, 2.05) is 6.07 Å². The molecule has 2 unspecified atom stereocenters. The number of hydrogen-bond acceptors (Lipinski definition) is 4. The Morgan fingerprint density at radius 1 is 1.22 bits per heavy atom. The minimum atomic E-state index is -1.02. The van der Waals surface area contributed by atoms with Gasteiger partial charge in [0, 0.05) is 25.8 Å². The third kappa shape index (κ3) is 3.98. The zero-order chi connectivity index (χ0) is 23.0. The molecule has 3 N–H and O–H groups in total. The number of nitrogens with one attached hydrogen (secondary N) is 2. The number of anilines is 1. The first-order valence-corrected chi connectivity index (χ1v) is 10.7. The molecular formula is C23H26N4O5. The van der Waals surface area contributed by atoms with Gasteiger partial charge in [-0.2, -0.15) is 0 Å². The lowest BCUT2D eigenvalue weighted by molar-refractivity contribution is 0.0948. The first-order valence-electron chi connectivity index (χ1n) is 10.7. The molecule has 9 nitrogen and oxygen atoms in total. The predicted molar refractivity (Wildman–Crippen MR) is 118 cm³/mol. The van der Waals surface area contributed by atoms with Gasteiger partial charge in [0.2, 0.25) is 0 Å². The summed E-state index contributed by atoms with van der Waals surface area (Å²) >= 11 is 0. The van der Waals surface area contributed by atoms with Crippen molar-refractivity contribution in [1.82, 2.24) is 15.2 Å². The molecule has 1 aromatic carbocycles. The van der Waals surface area contributed by atoms with Crippen molar-refractivity contribution < 1.29 is 19.5 Å². The number of rotatable bonds is 6. The average Bonchev–Trinajstić information content (AvgIpc) is 3.38. The summed E-state index contributed by atoms with van der Waals surface area (Å²) in [5.41, 5.74) is 1.85. The van der Waals surface area contributed by atoms with Crippen LogP contribution in [0.3, 0.4) is 0 Å². The highest BCUT2D eigenvalue weighted by Gasteiger charge is 2.36. The van der Waals surface area contributed by atoms with E-state index in [2.05, 4.69) is 17.6 Å². The van der Waals surface area contributed by atoms with Crippen molar-refractivity contribution >= 4 is 23.6 Å². The highest BCUT2D eigenvalue weighted by atomic mass is 16.4. The summed E-state index contributed by atoms with van der Waals surface area (Å²) in [4.78, 5) is 50.9. The zero-order valence-electron chi connectivity index (χ0n) is 18.1. The maximum absolute atomic E-state index is 13.0. The van der Waals surface area contributed by atoms with Crippen LogP contribution in [0.15, 0.2) is 35.3 Å². The van der Waals surface area contributed by atoms with Crippen LogP contribution in [0.5, 0.6) is 0 Å². The van der Waals surface area contributed by atoms with Crippen molar-refractivity contribution in [1.29, 1.82) is 0 Å². The number of carbonyl (C=O) groups excluding carboxylic acids is 2. The van der Waals surface area contributed by atoms with Crippen molar-refractivity contribution in [3.8, 4) is 0 Å². The number of hydrogen-bond donors (Lipinski definition) is 3. The second-order valence-electron chi connectivity index (χ2n) is 8.24. The average molecular weight is 438 g/mol. The van der Waals surface area contributed by atoms with E-state index in [0.29, 0.717) is 24.6 Å². The van der Waals surface area contributed by atoms with Gasteiger partial charge in [-0.3, -0.25) is 19.3 Å². The molecule has 0 saturated heterocycles. The lowest BCUT2D eigenvalue weighted by Crippen LogP contribution is -2.34. The number of amides is 3. The van der Waals surface area contributed by atoms with Crippen LogP contribution in [-0.4, -0.2) is 47.2 Å². The second-order valence-corrected chi connectivity index (χ2v) is 8.24. The molecular weight excluding hydrogens is 412 g/mol. The zero-order valence-corrected chi connectivity index (χ0v) is 18.1. The van der Waals surface area contributed by atoms with E-state index < -0.39 is 17.6 Å². The summed E-state index contributed by atoms with van der Waals surface area (Å²) in [5, 5.41) is 14.8. The van der Waals surface area contributed by atoms with Gasteiger partial charge in [0.1, 0.15) is 5.56 Å². The molecule has 3 amide bonds. The Hall–Kier alpha value is -3.62. The quantitative estimate of drug-likeness (QED) is 0.635. The van der Waals surface area contributed by atoms with Crippen molar-refractivity contribution in [2.45, 2.75) is 38.8 Å². The van der Waals surface area contributed by atoms with Gasteiger partial charge in [-0.15, -0.1) is 0 Å². The summed E-state index contributed by atoms with van der Waals surface area (Å²) in [6.07, 6.45) is 2.90. The van der Waals surface area contributed by atoms with E-state index in [0.717, 1.165) is 24.0 Å². The second kappa shape index (κ2) is 8.49. The minimum Gasteiger partial charge on any atom is -0.465 e. The number of carbonyl (C=O) groups is 3. The fraction of sp³-hybridized carbons (Fsp3) is 0.391. The van der Waals surface area contributed by atoms with E-state index in [1.54, 1.807) is 12.1 Å². The van der Waals surface area contributed by atoms with E-state index in [9.17, 15) is 24.3 Å². The number of fused-ring (bicyclic) bond motifs is 1. The smallest absolute Gasteiger partial charge is 0.411 e. The molecule has 32 heavy (non-hydrogen) atoms. The molecule has 1 aliphatic heterocycles. The van der Waals surface area contributed by atoms with Crippen molar-refractivity contribution in [2.75, 3.05) is 18.5 Å². The van der Waals surface area contributed by atoms with Gasteiger partial charge >= 0.3 is 6.09 Å². The number of carboxylic acid groups (broad SMARTS) is 1. The Bertz CT molecular complexity index is 1160. The third-order valence-corrected chi connectivity index (χ3v) is 6.28. The lowest BCUT2D eigenvalue weighted by Gasteiger charge is -2.15. The number of aromatic nitrogens is 1. The summed E-state index contributed by atoms with van der Waals surface area (Å²) < 4.78 is 1.35. The van der Waals surface area contributed by atoms with Crippen LogP contribution in [0.1, 0.15) is 51.6 Å². The van der Waals surface area contributed by atoms with Crippen LogP contribution in [0, 0.1) is 5.92 Å². The van der Waals surface area contributed by atoms with E-state index >= 15 is 0 Å². The van der Waals surface area contributed by atoms with Crippen LogP contribution in [-0.2, 0) is 13.0 Å². The molecule has 0 radical (unpaired) electrons. The normalized spacial score (nSPS) is 18.8. The number of nitrogens with zero attached hydrogens (tertiary/aromatic N) is 2. The molecule has 1 fully saturated rings. The van der Waals surface area contributed by atoms with Gasteiger partial charge in [0.25, 0.3) is 17.4 Å². The van der Waals surface area contributed by atoms with Gasteiger partial charge in [-0.25, -0.2) is 4.79 Å². The highest BCUT2D eigenvalue weighted by molar-refractivity contribution is 5.99. The largest absolute Gasteiger partial charge is 0.465 e. The van der Waals surface area contributed by atoms with Crippen LogP contribution >= 0.6 is 0 Å². The monoisotopic (exact) mass is 438 g/mol. The number of benzene rings is 1. The molecule has 2 atom stereocenters. The Morgan fingerprint density at radius 3 is 2.66 bits per heavy atom. The predicted octanol–water partition coefficient (Wildman–Crippen LogP) is 1.83. The van der Waals surface area contributed by atoms with Gasteiger partial charge in [0.05, 0.1) is 17.8 Å². The molecule has 2 heterocycles. The van der Waals surface area contributed by atoms with Gasteiger partial charge in [-0.1, -0.05) is 25.5 Å². The molecule has 1 aromatic heterocycles. The molecule has 1 saturated carbocycles. The van der Waals surface area contributed by atoms with Gasteiger partial charge in [-0.05, 0) is 42.0 Å². The highest BCUT2D eigenvalue weighted by Crippen LogP contribution is 2.33. The molecule has 0 bridgehead atoms. The van der Waals surface area contributed by atoms with Crippen molar-refractivity contribution in [2.24, 2.45) is 5.92 Å². The SMILES string of the molecule is CCC1CC1NC(=O)c1cc(C(=O)NC)c(=O)n(Cc2cccc3c2CCN3C(=O)O)c1. The van der Waals surface area contributed by atoms with Crippen LogP contribution in [0.25, 0.3) is 0 Å². The summed E-state index contributed by atoms with van der Waals surface area (Å²) in [5.74, 6) is -0.417. The summed E-state index contributed by atoms with van der Waals surface area (Å²) in [7, 11) is 1.43. The van der Waals surface area contributed by atoms with Gasteiger partial charge in [0.15, 0.2) is 0 Å². The Morgan fingerprint density at radius 2 is 2.00 bits per heavy atom. The first-order chi connectivity index (χ1) is 15.3. The molecule has 0 spiro atoms. The van der Waals surface area contributed by atoms with E-state index in [4.69, 9.17) is 0 Å². The first kappa shape index (κ1) is 21.6. The topological polar surface area (TPSA) is 121 Å². The molecule has 4 rings (SSSR count). The Labute approximate surface area is 185 Å².